The molecule has 0 bridgehead atoms. The molecule has 0 aromatic carbocycles. The van der Waals surface area contributed by atoms with Crippen molar-refractivity contribution in [2.45, 2.75) is 25.1 Å². The van der Waals surface area contributed by atoms with Gasteiger partial charge in [-0.3, -0.25) is 0 Å². The van der Waals surface area contributed by atoms with Crippen LogP contribution in [0.1, 0.15) is 12.6 Å². The second kappa shape index (κ2) is 4.08. The fourth-order valence-electron chi connectivity index (χ4n) is 0.622. The number of aromatic nitrogens is 1. The number of hydrogen-bond donors (Lipinski definition) is 0. The lowest BCUT2D eigenvalue weighted by atomic mass is 10.4. The first kappa shape index (κ1) is 11.2. The topological polar surface area (TPSA) is 35.3 Å². The first-order valence-corrected chi connectivity index (χ1v) is 4.20. The third kappa shape index (κ3) is 2.80. The lowest BCUT2D eigenvalue weighted by Gasteiger charge is -2.14. The molecule has 80 valence electrons. The van der Waals surface area contributed by atoms with Gasteiger partial charge < -0.3 is 9.15 Å². The molecule has 0 N–H and O–H groups in total. The quantitative estimate of drug-likeness (QED) is 0.748. The van der Waals surface area contributed by atoms with E-state index in [9.17, 15) is 13.2 Å². The fraction of sp³-hybridized carbons (Fsp3) is 0.571. The van der Waals surface area contributed by atoms with E-state index in [0.29, 0.717) is 5.69 Å². The highest BCUT2D eigenvalue weighted by Crippen LogP contribution is 2.24. The van der Waals surface area contributed by atoms with Gasteiger partial charge in [0.25, 0.3) is 0 Å². The van der Waals surface area contributed by atoms with Gasteiger partial charge in [0.1, 0.15) is 6.26 Å². The summed E-state index contributed by atoms with van der Waals surface area (Å²) < 4.78 is 45.0. The van der Waals surface area contributed by atoms with Gasteiger partial charge in [0.15, 0.2) is 6.10 Å². The summed E-state index contributed by atoms with van der Waals surface area (Å²) in [6.45, 7) is 0.866. The van der Waals surface area contributed by atoms with Crippen molar-refractivity contribution >= 4 is 11.6 Å². The van der Waals surface area contributed by atoms with Crippen molar-refractivity contribution in [1.82, 2.24) is 4.98 Å². The molecule has 1 heterocycles. The van der Waals surface area contributed by atoms with Crippen molar-refractivity contribution in [3.05, 3.63) is 12.0 Å². The van der Waals surface area contributed by atoms with E-state index in [0.717, 1.165) is 13.2 Å². The summed E-state index contributed by atoms with van der Waals surface area (Å²) in [5.74, 6) is 0.0628. The van der Waals surface area contributed by atoms with E-state index < -0.39 is 18.4 Å². The molecule has 7 heteroatoms. The minimum atomic E-state index is -4.43. The molecule has 0 aliphatic rings. The highest BCUT2D eigenvalue weighted by molar-refractivity contribution is 6.16. The first-order chi connectivity index (χ1) is 6.43. The van der Waals surface area contributed by atoms with E-state index in [2.05, 4.69) is 14.1 Å². The van der Waals surface area contributed by atoms with Crippen LogP contribution >= 0.6 is 11.6 Å². The van der Waals surface area contributed by atoms with E-state index in [1.807, 2.05) is 0 Å². The zero-order chi connectivity index (χ0) is 10.8. The Labute approximate surface area is 82.8 Å². The van der Waals surface area contributed by atoms with Gasteiger partial charge in [0.05, 0.1) is 11.6 Å². The number of nitrogens with zero attached hydrogens (tertiary/aromatic N) is 1. The first-order valence-electron chi connectivity index (χ1n) is 3.67. The van der Waals surface area contributed by atoms with Gasteiger partial charge in [-0.2, -0.15) is 18.2 Å². The van der Waals surface area contributed by atoms with Gasteiger partial charge >= 0.3 is 12.3 Å². The molecule has 0 fully saturated rings. The van der Waals surface area contributed by atoms with Crippen LogP contribution in [0.3, 0.4) is 0 Å². The number of alkyl halides is 4. The van der Waals surface area contributed by atoms with Crippen molar-refractivity contribution in [1.29, 1.82) is 0 Å². The Kier molecular flexibility index (Phi) is 3.25. The number of ether oxygens (including phenoxy) is 1. The zero-order valence-corrected chi connectivity index (χ0v) is 7.89. The monoisotopic (exact) mass is 229 g/mol. The van der Waals surface area contributed by atoms with Gasteiger partial charge in [-0.15, -0.1) is 11.6 Å². The zero-order valence-electron chi connectivity index (χ0n) is 7.14. The van der Waals surface area contributed by atoms with Crippen molar-refractivity contribution in [2.24, 2.45) is 0 Å². The molecule has 0 saturated carbocycles. The van der Waals surface area contributed by atoms with E-state index in [4.69, 9.17) is 11.6 Å². The maximum absolute atomic E-state index is 12.0. The van der Waals surface area contributed by atoms with Gasteiger partial charge in [-0.05, 0) is 6.92 Å². The minimum absolute atomic E-state index is 0.0628. The maximum Gasteiger partial charge on any atom is 0.425 e. The Morgan fingerprint density at radius 3 is 2.71 bits per heavy atom. The Bertz CT molecular complexity index is 299. The fourth-order valence-corrected chi connectivity index (χ4v) is 0.745. The summed E-state index contributed by atoms with van der Waals surface area (Å²) in [5, 5.41) is 0. The molecule has 0 spiro atoms. The number of hydrogen-bond acceptors (Lipinski definition) is 3. The number of halogens is 4. The van der Waals surface area contributed by atoms with Crippen LogP contribution in [-0.2, 0) is 5.88 Å². The Hall–Kier alpha value is -0.910. The average molecular weight is 230 g/mol. The number of oxazole rings is 1. The van der Waals surface area contributed by atoms with Crippen LogP contribution in [0.2, 0.25) is 0 Å². The summed E-state index contributed by atoms with van der Waals surface area (Å²) in [6, 6.07) is 0. The van der Waals surface area contributed by atoms with Crippen molar-refractivity contribution in [3.63, 3.8) is 0 Å². The highest BCUT2D eigenvalue weighted by Gasteiger charge is 2.38. The molecule has 0 aliphatic heterocycles. The van der Waals surface area contributed by atoms with E-state index in [1.165, 1.54) is 0 Å². The van der Waals surface area contributed by atoms with Crippen LogP contribution in [-0.4, -0.2) is 17.3 Å². The predicted molar refractivity (Wildman–Crippen MR) is 42.2 cm³/mol. The van der Waals surface area contributed by atoms with E-state index in [-0.39, 0.29) is 5.88 Å². The minimum Gasteiger partial charge on any atom is -0.437 e. The smallest absolute Gasteiger partial charge is 0.425 e. The highest BCUT2D eigenvalue weighted by atomic mass is 35.5. The molecule has 14 heavy (non-hydrogen) atoms. The third-order valence-corrected chi connectivity index (χ3v) is 1.68. The predicted octanol–water partition coefficient (Wildman–Crippen LogP) is 2.74. The number of rotatable bonds is 3. The van der Waals surface area contributed by atoms with Crippen LogP contribution in [0, 0.1) is 0 Å². The van der Waals surface area contributed by atoms with E-state index in [1.54, 1.807) is 0 Å². The SMILES string of the molecule is CC(Oc1nc(CCl)co1)C(F)(F)F. The molecular formula is C7H7ClF3NO2. The summed E-state index contributed by atoms with van der Waals surface area (Å²) in [5.41, 5.74) is 0.330. The summed E-state index contributed by atoms with van der Waals surface area (Å²) >= 11 is 5.37. The molecule has 0 aliphatic carbocycles. The normalized spacial score (nSPS) is 14.1. The summed E-state index contributed by atoms with van der Waals surface area (Å²) in [7, 11) is 0. The Morgan fingerprint density at radius 1 is 1.64 bits per heavy atom. The second-order valence-corrected chi connectivity index (χ2v) is 2.81. The van der Waals surface area contributed by atoms with E-state index >= 15 is 0 Å². The molecule has 0 amide bonds. The Balaban J connectivity index is 2.60. The molecule has 1 atom stereocenters. The maximum atomic E-state index is 12.0. The summed E-state index contributed by atoms with van der Waals surface area (Å²) in [4.78, 5) is 3.56. The molecule has 3 nitrogen and oxygen atoms in total. The third-order valence-electron chi connectivity index (χ3n) is 1.41. The molecule has 1 aromatic heterocycles. The van der Waals surface area contributed by atoms with Gasteiger partial charge in [0.2, 0.25) is 0 Å². The average Bonchev–Trinajstić information content (AvgIpc) is 2.50. The van der Waals surface area contributed by atoms with Crippen LogP contribution in [0.15, 0.2) is 10.7 Å². The molecule has 1 unspecified atom stereocenters. The van der Waals surface area contributed by atoms with Crippen molar-refractivity contribution in [2.75, 3.05) is 0 Å². The van der Waals surface area contributed by atoms with Crippen molar-refractivity contribution < 1.29 is 22.3 Å². The van der Waals surface area contributed by atoms with Gasteiger partial charge in [-0.25, -0.2) is 0 Å². The van der Waals surface area contributed by atoms with Gasteiger partial charge in [0, 0.05) is 0 Å². The van der Waals surface area contributed by atoms with Crippen LogP contribution in [0.4, 0.5) is 13.2 Å². The molecule has 1 aromatic rings. The van der Waals surface area contributed by atoms with Crippen molar-refractivity contribution in [3.8, 4) is 6.08 Å². The molecule has 1 rings (SSSR count). The van der Waals surface area contributed by atoms with Crippen LogP contribution < -0.4 is 4.74 Å². The molecule has 0 saturated heterocycles. The lowest BCUT2D eigenvalue weighted by molar-refractivity contribution is -0.193. The van der Waals surface area contributed by atoms with Gasteiger partial charge in [-0.1, -0.05) is 0 Å². The Morgan fingerprint density at radius 2 is 2.29 bits per heavy atom. The molecular weight excluding hydrogens is 223 g/mol. The lowest BCUT2D eigenvalue weighted by Crippen LogP contribution is -2.31. The van der Waals surface area contributed by atoms with Crippen LogP contribution in [0.25, 0.3) is 0 Å². The second-order valence-electron chi connectivity index (χ2n) is 2.54. The largest absolute Gasteiger partial charge is 0.437 e. The van der Waals surface area contributed by atoms with Crippen LogP contribution in [0.5, 0.6) is 6.08 Å². The summed E-state index contributed by atoms with van der Waals surface area (Å²) in [6.07, 6.45) is -5.67. The molecule has 0 radical (unpaired) electrons. The standard InChI is InChI=1S/C7H7ClF3NO2/c1-4(7(9,10)11)14-6-12-5(2-8)3-13-6/h3-4H,2H2,1H3.